The van der Waals surface area contributed by atoms with E-state index in [4.69, 9.17) is 5.73 Å². The fourth-order valence-corrected chi connectivity index (χ4v) is 3.88. The Morgan fingerprint density at radius 2 is 1.90 bits per heavy atom. The molecule has 0 radical (unpaired) electrons. The molecule has 1 aromatic rings. The monoisotopic (exact) mass is 286 g/mol. The predicted molar refractivity (Wildman–Crippen MR) is 85.1 cm³/mol. The molecule has 0 bridgehead atoms. The smallest absolute Gasteiger partial charge is 0.227 e. The fourth-order valence-electron chi connectivity index (χ4n) is 3.88. The highest BCUT2D eigenvalue weighted by Crippen LogP contribution is 2.36. The molecular formula is C18H26N2O. The second-order valence-corrected chi connectivity index (χ2v) is 6.71. The van der Waals surface area contributed by atoms with Gasteiger partial charge >= 0.3 is 0 Å². The lowest BCUT2D eigenvalue weighted by Crippen LogP contribution is -2.47. The molecule has 0 aliphatic heterocycles. The average Bonchev–Trinajstić information content (AvgIpc) is 2.74. The molecule has 1 saturated carbocycles. The summed E-state index contributed by atoms with van der Waals surface area (Å²) in [5, 5.41) is 3.20. The molecule has 3 nitrogen and oxygen atoms in total. The number of amides is 1. The molecule has 2 aliphatic rings. The van der Waals surface area contributed by atoms with Gasteiger partial charge in [-0.05, 0) is 30.4 Å². The molecule has 0 saturated heterocycles. The van der Waals surface area contributed by atoms with E-state index in [1.807, 2.05) is 0 Å². The number of hydrogen-bond acceptors (Lipinski definition) is 2. The number of fused-ring (bicyclic) bond motifs is 1. The number of nitrogens with two attached hydrogens (primary N) is 1. The molecule has 3 rings (SSSR count). The Kier molecular flexibility index (Phi) is 4.29. The van der Waals surface area contributed by atoms with Gasteiger partial charge in [0.25, 0.3) is 0 Å². The minimum Gasteiger partial charge on any atom is -0.355 e. The Morgan fingerprint density at radius 3 is 2.57 bits per heavy atom. The summed E-state index contributed by atoms with van der Waals surface area (Å²) < 4.78 is 0. The standard InChI is InChI=1S/C18H26N2O/c19-13-18(9-5-1-2-6-10-18)17(21)20-12-15-11-14-7-3-4-8-16(14)15/h3-4,7-8,15H,1-2,5-6,9-13,19H2,(H,20,21). The van der Waals surface area contributed by atoms with Crippen molar-refractivity contribution in [2.45, 2.75) is 50.9 Å². The summed E-state index contributed by atoms with van der Waals surface area (Å²) in [5.41, 5.74) is 8.50. The third-order valence-electron chi connectivity index (χ3n) is 5.40. The number of carbonyl (C=O) groups excluding carboxylic acids is 1. The number of hydrogen-bond donors (Lipinski definition) is 2. The van der Waals surface area contributed by atoms with E-state index in [0.717, 1.165) is 38.6 Å². The summed E-state index contributed by atoms with van der Waals surface area (Å²) in [4.78, 5) is 12.7. The summed E-state index contributed by atoms with van der Waals surface area (Å²) >= 11 is 0. The second kappa shape index (κ2) is 6.18. The van der Waals surface area contributed by atoms with Crippen molar-refractivity contribution in [3.05, 3.63) is 35.4 Å². The van der Waals surface area contributed by atoms with E-state index >= 15 is 0 Å². The van der Waals surface area contributed by atoms with Crippen LogP contribution in [0.3, 0.4) is 0 Å². The number of benzene rings is 1. The van der Waals surface area contributed by atoms with Gasteiger partial charge in [-0.2, -0.15) is 0 Å². The quantitative estimate of drug-likeness (QED) is 0.836. The Labute approximate surface area is 127 Å². The zero-order valence-electron chi connectivity index (χ0n) is 12.7. The lowest BCUT2D eigenvalue weighted by atomic mass is 9.76. The molecule has 3 heteroatoms. The highest BCUT2D eigenvalue weighted by atomic mass is 16.2. The normalized spacial score (nSPS) is 23.6. The van der Waals surface area contributed by atoms with Gasteiger partial charge in [-0.1, -0.05) is 49.9 Å². The van der Waals surface area contributed by atoms with Gasteiger partial charge in [0.1, 0.15) is 0 Å². The van der Waals surface area contributed by atoms with Crippen molar-refractivity contribution in [3.8, 4) is 0 Å². The van der Waals surface area contributed by atoms with Gasteiger partial charge in [-0.3, -0.25) is 4.79 Å². The van der Waals surface area contributed by atoms with Crippen LogP contribution in [0.2, 0.25) is 0 Å². The highest BCUT2D eigenvalue weighted by Gasteiger charge is 2.37. The van der Waals surface area contributed by atoms with Gasteiger partial charge in [-0.25, -0.2) is 0 Å². The van der Waals surface area contributed by atoms with Crippen LogP contribution in [0.4, 0.5) is 0 Å². The first kappa shape index (κ1) is 14.6. The minimum atomic E-state index is -0.306. The largest absolute Gasteiger partial charge is 0.355 e. The molecule has 0 heterocycles. The Bertz CT molecular complexity index is 504. The molecule has 2 aliphatic carbocycles. The van der Waals surface area contributed by atoms with Gasteiger partial charge in [-0.15, -0.1) is 0 Å². The zero-order valence-corrected chi connectivity index (χ0v) is 12.7. The van der Waals surface area contributed by atoms with Gasteiger partial charge in [0, 0.05) is 19.0 Å². The van der Waals surface area contributed by atoms with E-state index in [1.54, 1.807) is 0 Å². The molecule has 1 aromatic carbocycles. The van der Waals surface area contributed by atoms with Crippen LogP contribution in [0.25, 0.3) is 0 Å². The molecule has 1 atom stereocenters. The van der Waals surface area contributed by atoms with Crippen molar-refractivity contribution in [2.24, 2.45) is 11.1 Å². The van der Waals surface area contributed by atoms with Crippen molar-refractivity contribution >= 4 is 5.91 Å². The SMILES string of the molecule is NCC1(C(=O)NCC2Cc3ccccc32)CCCCCC1. The van der Waals surface area contributed by atoms with Crippen molar-refractivity contribution in [2.75, 3.05) is 13.1 Å². The summed E-state index contributed by atoms with van der Waals surface area (Å²) in [6, 6.07) is 8.53. The number of carbonyl (C=O) groups is 1. The lowest BCUT2D eigenvalue weighted by Gasteiger charge is -2.34. The molecular weight excluding hydrogens is 260 g/mol. The van der Waals surface area contributed by atoms with E-state index < -0.39 is 0 Å². The van der Waals surface area contributed by atoms with Crippen LogP contribution >= 0.6 is 0 Å². The van der Waals surface area contributed by atoms with Crippen LogP contribution < -0.4 is 11.1 Å². The zero-order chi connectivity index (χ0) is 14.7. The van der Waals surface area contributed by atoms with Gasteiger partial charge in [0.2, 0.25) is 5.91 Å². The van der Waals surface area contributed by atoms with Crippen LogP contribution in [-0.4, -0.2) is 19.0 Å². The Morgan fingerprint density at radius 1 is 1.19 bits per heavy atom. The van der Waals surface area contributed by atoms with Crippen molar-refractivity contribution in [1.29, 1.82) is 0 Å². The molecule has 3 N–H and O–H groups in total. The van der Waals surface area contributed by atoms with Crippen LogP contribution in [0.15, 0.2) is 24.3 Å². The maximum atomic E-state index is 12.7. The van der Waals surface area contributed by atoms with E-state index in [1.165, 1.54) is 24.0 Å². The highest BCUT2D eigenvalue weighted by molar-refractivity contribution is 5.83. The van der Waals surface area contributed by atoms with Crippen LogP contribution in [0, 0.1) is 5.41 Å². The summed E-state index contributed by atoms with van der Waals surface area (Å²) in [6.07, 6.45) is 7.75. The molecule has 1 fully saturated rings. The van der Waals surface area contributed by atoms with Gasteiger partial charge < -0.3 is 11.1 Å². The molecule has 0 aromatic heterocycles. The van der Waals surface area contributed by atoms with E-state index in [9.17, 15) is 4.79 Å². The third kappa shape index (κ3) is 2.84. The lowest BCUT2D eigenvalue weighted by molar-refractivity contribution is -0.131. The molecule has 21 heavy (non-hydrogen) atoms. The van der Waals surface area contributed by atoms with Crippen LogP contribution in [-0.2, 0) is 11.2 Å². The van der Waals surface area contributed by atoms with Crippen molar-refractivity contribution in [3.63, 3.8) is 0 Å². The maximum Gasteiger partial charge on any atom is 0.227 e. The summed E-state index contributed by atoms with van der Waals surface area (Å²) in [5.74, 6) is 0.682. The first-order chi connectivity index (χ1) is 10.2. The maximum absolute atomic E-state index is 12.7. The van der Waals surface area contributed by atoms with Gasteiger partial charge in [0.05, 0.1) is 5.41 Å². The fraction of sp³-hybridized carbons (Fsp3) is 0.611. The van der Waals surface area contributed by atoms with E-state index in [2.05, 4.69) is 29.6 Å². The number of nitrogens with one attached hydrogen (secondary N) is 1. The Hall–Kier alpha value is -1.35. The second-order valence-electron chi connectivity index (χ2n) is 6.71. The molecule has 1 unspecified atom stereocenters. The van der Waals surface area contributed by atoms with Crippen molar-refractivity contribution in [1.82, 2.24) is 5.32 Å². The van der Waals surface area contributed by atoms with Crippen molar-refractivity contribution < 1.29 is 4.79 Å². The molecule has 1 amide bonds. The average molecular weight is 286 g/mol. The topological polar surface area (TPSA) is 55.1 Å². The summed E-state index contributed by atoms with van der Waals surface area (Å²) in [7, 11) is 0. The minimum absolute atomic E-state index is 0.191. The van der Waals surface area contributed by atoms with Crippen LogP contribution in [0.5, 0.6) is 0 Å². The number of rotatable bonds is 4. The molecule has 0 spiro atoms. The van der Waals surface area contributed by atoms with Crippen LogP contribution in [0.1, 0.15) is 55.6 Å². The van der Waals surface area contributed by atoms with E-state index in [-0.39, 0.29) is 11.3 Å². The first-order valence-electron chi connectivity index (χ1n) is 8.31. The molecule has 114 valence electrons. The Balaban J connectivity index is 1.59. The van der Waals surface area contributed by atoms with Gasteiger partial charge in [0.15, 0.2) is 0 Å². The van der Waals surface area contributed by atoms with E-state index in [0.29, 0.717) is 12.5 Å². The predicted octanol–water partition coefficient (Wildman–Crippen LogP) is 2.74. The first-order valence-corrected chi connectivity index (χ1v) is 8.31. The third-order valence-corrected chi connectivity index (χ3v) is 5.40. The summed E-state index contributed by atoms with van der Waals surface area (Å²) in [6.45, 7) is 1.25.